The van der Waals surface area contributed by atoms with Gasteiger partial charge in [-0.1, -0.05) is 23.2 Å². The standard InChI is InChI=1S/C15H14Cl2N2O4S/c1-2-23-11-4-6-12(7-5-11)24(21,22)19-18-15(20)13-9-10(16)3-8-14(13)17/h3-9,19H,2H2,1H3,(H,18,20). The Labute approximate surface area is 149 Å². The fourth-order valence-corrected chi connectivity index (χ4v) is 3.01. The average molecular weight is 389 g/mol. The molecule has 0 heterocycles. The molecule has 2 aromatic carbocycles. The molecule has 9 heteroatoms. The molecule has 0 fully saturated rings. The van der Waals surface area contributed by atoms with Crippen LogP contribution in [0.25, 0.3) is 0 Å². The summed E-state index contributed by atoms with van der Waals surface area (Å²) < 4.78 is 29.6. The van der Waals surface area contributed by atoms with Gasteiger partial charge in [-0.15, -0.1) is 4.83 Å². The number of sulfonamides is 1. The number of ether oxygens (including phenoxy) is 1. The van der Waals surface area contributed by atoms with Gasteiger partial charge in [0.15, 0.2) is 0 Å². The minimum absolute atomic E-state index is 0.0246. The highest BCUT2D eigenvalue weighted by atomic mass is 35.5. The maximum Gasteiger partial charge on any atom is 0.267 e. The van der Waals surface area contributed by atoms with Gasteiger partial charge in [0.2, 0.25) is 0 Å². The first-order chi connectivity index (χ1) is 11.3. The molecule has 0 aliphatic heterocycles. The molecular formula is C15H14Cl2N2O4S. The maximum atomic E-state index is 12.2. The molecular weight excluding hydrogens is 375 g/mol. The molecule has 2 aromatic rings. The maximum absolute atomic E-state index is 12.2. The predicted molar refractivity (Wildman–Crippen MR) is 91.9 cm³/mol. The van der Waals surface area contributed by atoms with Gasteiger partial charge in [0.05, 0.1) is 22.1 Å². The number of amides is 1. The quantitative estimate of drug-likeness (QED) is 0.744. The van der Waals surface area contributed by atoms with Crippen molar-refractivity contribution in [1.82, 2.24) is 10.3 Å². The summed E-state index contributed by atoms with van der Waals surface area (Å²) in [5.41, 5.74) is 2.15. The van der Waals surface area contributed by atoms with E-state index in [1.165, 1.54) is 42.5 Å². The number of nitrogens with one attached hydrogen (secondary N) is 2. The Morgan fingerprint density at radius 3 is 2.42 bits per heavy atom. The third kappa shape index (κ3) is 4.61. The summed E-state index contributed by atoms with van der Waals surface area (Å²) in [6.07, 6.45) is 0. The summed E-state index contributed by atoms with van der Waals surface area (Å²) in [6.45, 7) is 2.30. The van der Waals surface area contributed by atoms with Crippen molar-refractivity contribution >= 4 is 39.1 Å². The normalized spacial score (nSPS) is 11.1. The van der Waals surface area contributed by atoms with Crippen molar-refractivity contribution in [3.63, 3.8) is 0 Å². The van der Waals surface area contributed by atoms with Crippen molar-refractivity contribution in [2.45, 2.75) is 11.8 Å². The van der Waals surface area contributed by atoms with Crippen LogP contribution in [0.5, 0.6) is 5.75 Å². The van der Waals surface area contributed by atoms with Crippen LogP contribution in [0.2, 0.25) is 10.0 Å². The highest BCUT2D eigenvalue weighted by Gasteiger charge is 2.17. The smallest absolute Gasteiger partial charge is 0.267 e. The molecule has 0 saturated heterocycles. The predicted octanol–water partition coefficient (Wildman–Crippen LogP) is 3.02. The van der Waals surface area contributed by atoms with Crippen molar-refractivity contribution in [3.8, 4) is 5.75 Å². The first-order valence-corrected chi connectivity index (χ1v) is 9.07. The molecule has 1 amide bonds. The van der Waals surface area contributed by atoms with Crippen LogP contribution in [-0.2, 0) is 10.0 Å². The van der Waals surface area contributed by atoms with E-state index < -0.39 is 15.9 Å². The molecule has 24 heavy (non-hydrogen) atoms. The summed E-state index contributed by atoms with van der Waals surface area (Å²) in [6, 6.07) is 10.1. The zero-order valence-electron chi connectivity index (χ0n) is 12.5. The summed E-state index contributed by atoms with van der Waals surface area (Å²) in [5.74, 6) is -0.178. The monoisotopic (exact) mass is 388 g/mol. The molecule has 0 bridgehead atoms. The Morgan fingerprint density at radius 1 is 1.12 bits per heavy atom. The van der Waals surface area contributed by atoms with Gasteiger partial charge in [0.1, 0.15) is 5.75 Å². The Kier molecular flexibility index (Phi) is 6.06. The van der Waals surface area contributed by atoms with Crippen molar-refractivity contribution in [2.75, 3.05) is 6.61 Å². The van der Waals surface area contributed by atoms with E-state index >= 15 is 0 Å². The van der Waals surface area contributed by atoms with Gasteiger partial charge in [0.25, 0.3) is 15.9 Å². The summed E-state index contributed by atoms with van der Waals surface area (Å²) in [5, 5.41) is 0.455. The molecule has 128 valence electrons. The van der Waals surface area contributed by atoms with Crippen LogP contribution in [0, 0.1) is 0 Å². The van der Waals surface area contributed by atoms with Gasteiger partial charge < -0.3 is 4.74 Å². The second kappa shape index (κ2) is 7.85. The molecule has 2 N–H and O–H groups in total. The Balaban J connectivity index is 2.09. The lowest BCUT2D eigenvalue weighted by atomic mass is 10.2. The number of rotatable bonds is 6. The van der Waals surface area contributed by atoms with Crippen LogP contribution in [0.4, 0.5) is 0 Å². The Bertz CT molecular complexity index is 839. The first kappa shape index (κ1) is 18.5. The van der Waals surface area contributed by atoms with E-state index in [-0.39, 0.29) is 15.5 Å². The van der Waals surface area contributed by atoms with Crippen LogP contribution in [0.1, 0.15) is 17.3 Å². The SMILES string of the molecule is CCOc1ccc(S(=O)(=O)NNC(=O)c2cc(Cl)ccc2Cl)cc1. The highest BCUT2D eigenvalue weighted by molar-refractivity contribution is 7.89. The van der Waals surface area contributed by atoms with Crippen molar-refractivity contribution in [3.05, 3.63) is 58.1 Å². The van der Waals surface area contributed by atoms with E-state index in [1.807, 2.05) is 11.8 Å². The van der Waals surface area contributed by atoms with E-state index in [0.717, 1.165) is 0 Å². The fourth-order valence-electron chi connectivity index (χ4n) is 1.79. The van der Waals surface area contributed by atoms with Gasteiger partial charge in [-0.2, -0.15) is 0 Å². The van der Waals surface area contributed by atoms with E-state index in [4.69, 9.17) is 27.9 Å². The zero-order chi connectivity index (χ0) is 17.7. The number of hydrogen-bond donors (Lipinski definition) is 2. The van der Waals surface area contributed by atoms with Gasteiger partial charge >= 0.3 is 0 Å². The second-order valence-corrected chi connectivity index (χ2v) is 7.11. The van der Waals surface area contributed by atoms with Crippen LogP contribution >= 0.6 is 23.2 Å². The average Bonchev–Trinajstić information content (AvgIpc) is 2.56. The number of halogens is 2. The van der Waals surface area contributed by atoms with Crippen molar-refractivity contribution in [1.29, 1.82) is 0 Å². The third-order valence-electron chi connectivity index (χ3n) is 2.92. The van der Waals surface area contributed by atoms with Crippen molar-refractivity contribution < 1.29 is 17.9 Å². The fraction of sp³-hybridized carbons (Fsp3) is 0.133. The van der Waals surface area contributed by atoms with Crippen molar-refractivity contribution in [2.24, 2.45) is 0 Å². The summed E-state index contributed by atoms with van der Waals surface area (Å²) >= 11 is 11.7. The van der Waals surface area contributed by atoms with Crippen LogP contribution < -0.4 is 15.0 Å². The molecule has 0 aliphatic rings. The van der Waals surface area contributed by atoms with Gasteiger partial charge in [-0.25, -0.2) is 8.42 Å². The van der Waals surface area contributed by atoms with E-state index in [9.17, 15) is 13.2 Å². The number of hydrogen-bond acceptors (Lipinski definition) is 4. The molecule has 2 rings (SSSR count). The lowest BCUT2D eigenvalue weighted by Crippen LogP contribution is -2.41. The molecule has 0 aliphatic carbocycles. The number of carbonyl (C=O) groups is 1. The zero-order valence-corrected chi connectivity index (χ0v) is 14.9. The Morgan fingerprint density at radius 2 is 1.79 bits per heavy atom. The van der Waals surface area contributed by atoms with E-state index in [2.05, 4.69) is 5.43 Å². The number of hydrazine groups is 1. The highest BCUT2D eigenvalue weighted by Crippen LogP contribution is 2.20. The lowest BCUT2D eigenvalue weighted by Gasteiger charge is -2.10. The molecule has 6 nitrogen and oxygen atoms in total. The summed E-state index contributed by atoms with van der Waals surface area (Å²) in [7, 11) is -3.93. The first-order valence-electron chi connectivity index (χ1n) is 6.83. The van der Waals surface area contributed by atoms with Gasteiger partial charge in [-0.05, 0) is 49.4 Å². The van der Waals surface area contributed by atoms with E-state index in [1.54, 1.807) is 0 Å². The topological polar surface area (TPSA) is 84.5 Å². The molecule has 0 atom stereocenters. The van der Waals surface area contributed by atoms with Crippen LogP contribution in [0.3, 0.4) is 0 Å². The van der Waals surface area contributed by atoms with Crippen LogP contribution in [-0.4, -0.2) is 20.9 Å². The van der Waals surface area contributed by atoms with Gasteiger partial charge in [0, 0.05) is 5.02 Å². The molecule has 0 aromatic heterocycles. The number of carbonyl (C=O) groups excluding carboxylic acids is 1. The second-order valence-electron chi connectivity index (χ2n) is 4.59. The minimum Gasteiger partial charge on any atom is -0.494 e. The number of benzene rings is 2. The molecule has 0 saturated carbocycles. The van der Waals surface area contributed by atoms with Crippen LogP contribution in [0.15, 0.2) is 47.4 Å². The third-order valence-corrected chi connectivity index (χ3v) is 4.75. The lowest BCUT2D eigenvalue weighted by molar-refractivity contribution is 0.0945. The largest absolute Gasteiger partial charge is 0.494 e. The van der Waals surface area contributed by atoms with E-state index in [0.29, 0.717) is 17.4 Å². The molecule has 0 unspecified atom stereocenters. The Hall–Kier alpha value is -1.80. The molecule has 0 radical (unpaired) electrons. The summed E-state index contributed by atoms with van der Waals surface area (Å²) in [4.78, 5) is 14.0. The minimum atomic E-state index is -3.93. The molecule has 0 spiro atoms. The van der Waals surface area contributed by atoms with Gasteiger partial charge in [-0.3, -0.25) is 10.2 Å².